The molecule has 0 saturated carbocycles. The van der Waals surface area contributed by atoms with E-state index in [4.69, 9.17) is 14.3 Å². The summed E-state index contributed by atoms with van der Waals surface area (Å²) in [6.07, 6.45) is 1.13. The highest BCUT2D eigenvalue weighted by molar-refractivity contribution is 5.96. The van der Waals surface area contributed by atoms with E-state index in [0.29, 0.717) is 31.5 Å². The number of halogens is 1. The molecule has 3 N–H and O–H groups in total. The van der Waals surface area contributed by atoms with Crippen LogP contribution in [-0.2, 0) is 28.8 Å². The Morgan fingerprint density at radius 3 is 2.49 bits per heavy atom. The number of alkyl halides is 1. The van der Waals surface area contributed by atoms with E-state index in [0.717, 1.165) is 6.42 Å². The molecular weight excluding hydrogens is 673 g/mol. The number of aromatic nitrogens is 2. The molecule has 18 heteroatoms. The van der Waals surface area contributed by atoms with Crippen molar-refractivity contribution in [2.24, 2.45) is 0 Å². The number of nitrogens with one attached hydrogen (secondary N) is 2. The Morgan fingerprint density at radius 1 is 1.06 bits per heavy atom. The van der Waals surface area contributed by atoms with E-state index < -0.39 is 67.5 Å². The average molecular weight is 718 g/mol. The Kier molecular flexibility index (Phi) is 14.5. The molecule has 2 saturated heterocycles. The van der Waals surface area contributed by atoms with Gasteiger partial charge in [0.1, 0.15) is 18.8 Å². The highest BCUT2D eigenvalue weighted by atomic mass is 19.1. The van der Waals surface area contributed by atoms with Gasteiger partial charge in [0, 0.05) is 38.7 Å². The molecule has 2 aliphatic heterocycles. The van der Waals surface area contributed by atoms with E-state index in [1.54, 1.807) is 30.3 Å². The van der Waals surface area contributed by atoms with Gasteiger partial charge in [-0.05, 0) is 37.8 Å². The van der Waals surface area contributed by atoms with Crippen molar-refractivity contribution in [3.8, 4) is 11.6 Å². The summed E-state index contributed by atoms with van der Waals surface area (Å²) in [5.74, 6) is -3.37. The van der Waals surface area contributed by atoms with Gasteiger partial charge in [-0.2, -0.15) is 5.10 Å². The number of carbonyl (C=O) groups is 6. The topological polar surface area (TPSA) is 202 Å². The van der Waals surface area contributed by atoms with Gasteiger partial charge in [-0.15, -0.1) is 5.06 Å². The Hall–Kier alpha value is -5.26. The first-order chi connectivity index (χ1) is 24.6. The smallest absolute Gasteiger partial charge is 0.481 e. The molecule has 4 rings (SSSR count). The van der Waals surface area contributed by atoms with Gasteiger partial charge in [0.05, 0.1) is 25.4 Å². The molecule has 0 unspecified atom stereocenters. The van der Waals surface area contributed by atoms with Gasteiger partial charge >= 0.3 is 12.1 Å². The number of piperazine rings is 1. The quantitative estimate of drug-likeness (QED) is 0.157. The maximum atomic E-state index is 13.5. The number of rotatable bonds is 17. The van der Waals surface area contributed by atoms with Gasteiger partial charge in [0.15, 0.2) is 12.3 Å². The number of carbonyl (C=O) groups excluding carboxylic acids is 5. The normalized spacial score (nSPS) is 16.6. The van der Waals surface area contributed by atoms with Crippen molar-refractivity contribution >= 4 is 35.8 Å². The zero-order valence-electron chi connectivity index (χ0n) is 28.5. The van der Waals surface area contributed by atoms with Gasteiger partial charge in [0.2, 0.25) is 17.7 Å². The minimum atomic E-state index is -1.22. The van der Waals surface area contributed by atoms with Crippen molar-refractivity contribution in [1.82, 2.24) is 35.3 Å². The molecule has 278 valence electrons. The SMILES string of the molecule is CCCCOC(=O)ON1CCN(C(=O)[C@H](CCC(=O)O)NC(=O)c2cc(OCC(=O)N3CCC[C@H]3C(=O)NCCF)n(-c3ccccc3)n2)CC1. The lowest BCUT2D eigenvalue weighted by Crippen LogP contribution is -2.55. The van der Waals surface area contributed by atoms with Crippen LogP contribution in [-0.4, -0.2) is 137 Å². The predicted octanol–water partition coefficient (Wildman–Crippen LogP) is 1.30. The summed E-state index contributed by atoms with van der Waals surface area (Å²) in [4.78, 5) is 84.0. The molecule has 1 aromatic heterocycles. The van der Waals surface area contributed by atoms with Gasteiger partial charge in [-0.1, -0.05) is 31.5 Å². The van der Waals surface area contributed by atoms with E-state index in [1.807, 2.05) is 6.92 Å². The number of amides is 4. The van der Waals surface area contributed by atoms with E-state index in [2.05, 4.69) is 15.7 Å². The lowest BCUT2D eigenvalue weighted by molar-refractivity contribution is -0.158. The van der Waals surface area contributed by atoms with Crippen molar-refractivity contribution in [3.05, 3.63) is 42.1 Å². The number of hydrogen-bond acceptors (Lipinski definition) is 11. The minimum Gasteiger partial charge on any atom is -0.481 e. The number of benzene rings is 1. The van der Waals surface area contributed by atoms with Crippen LogP contribution >= 0.6 is 0 Å². The van der Waals surface area contributed by atoms with E-state index in [1.165, 1.54) is 25.6 Å². The zero-order valence-corrected chi connectivity index (χ0v) is 28.5. The van der Waals surface area contributed by atoms with Crippen LogP contribution in [0.25, 0.3) is 5.69 Å². The van der Waals surface area contributed by atoms with Crippen LogP contribution in [0.3, 0.4) is 0 Å². The third-order valence-electron chi connectivity index (χ3n) is 8.25. The van der Waals surface area contributed by atoms with Crippen LogP contribution in [0, 0.1) is 0 Å². The van der Waals surface area contributed by atoms with E-state index in [9.17, 15) is 38.3 Å². The van der Waals surface area contributed by atoms with Crippen molar-refractivity contribution in [1.29, 1.82) is 0 Å². The molecule has 0 bridgehead atoms. The summed E-state index contributed by atoms with van der Waals surface area (Å²) in [6.45, 7) is 1.78. The lowest BCUT2D eigenvalue weighted by Gasteiger charge is -2.35. The van der Waals surface area contributed by atoms with Crippen LogP contribution in [0.2, 0.25) is 0 Å². The summed E-state index contributed by atoms with van der Waals surface area (Å²) < 4.78 is 24.7. The zero-order chi connectivity index (χ0) is 36.8. The summed E-state index contributed by atoms with van der Waals surface area (Å²) >= 11 is 0. The Morgan fingerprint density at radius 2 is 1.80 bits per heavy atom. The van der Waals surface area contributed by atoms with Crippen LogP contribution in [0.15, 0.2) is 36.4 Å². The van der Waals surface area contributed by atoms with Gasteiger partial charge < -0.3 is 39.9 Å². The number of carboxylic acids is 1. The molecular formula is C33H44FN7O10. The first-order valence-corrected chi connectivity index (χ1v) is 16.9. The lowest BCUT2D eigenvalue weighted by atomic mass is 10.1. The fraction of sp³-hybridized carbons (Fsp3) is 0.545. The Labute approximate surface area is 293 Å². The minimum absolute atomic E-state index is 0.0232. The highest BCUT2D eigenvalue weighted by Gasteiger charge is 2.35. The van der Waals surface area contributed by atoms with Crippen molar-refractivity contribution in [3.63, 3.8) is 0 Å². The number of hydrogen-bond donors (Lipinski definition) is 3. The van der Waals surface area contributed by atoms with Crippen LogP contribution in [0.1, 0.15) is 55.9 Å². The first-order valence-electron chi connectivity index (χ1n) is 16.9. The van der Waals surface area contributed by atoms with Gasteiger partial charge in [0.25, 0.3) is 11.8 Å². The molecule has 0 aliphatic carbocycles. The second kappa shape index (κ2) is 19.2. The monoisotopic (exact) mass is 717 g/mol. The first kappa shape index (κ1) is 38.5. The molecule has 1 aromatic carbocycles. The fourth-order valence-electron chi connectivity index (χ4n) is 5.59. The van der Waals surface area contributed by atoms with Crippen molar-refractivity contribution < 1.29 is 52.6 Å². The molecule has 17 nitrogen and oxygen atoms in total. The van der Waals surface area contributed by atoms with Crippen LogP contribution < -0.4 is 15.4 Å². The number of unbranched alkanes of at least 4 members (excludes halogenated alkanes) is 1. The predicted molar refractivity (Wildman–Crippen MR) is 176 cm³/mol. The molecule has 4 amide bonds. The molecule has 51 heavy (non-hydrogen) atoms. The maximum Gasteiger partial charge on any atom is 0.527 e. The molecule has 2 atom stereocenters. The van der Waals surface area contributed by atoms with Crippen LogP contribution in [0.4, 0.5) is 9.18 Å². The van der Waals surface area contributed by atoms with Gasteiger partial charge in [-0.25, -0.2) is 13.9 Å². The molecule has 0 spiro atoms. The summed E-state index contributed by atoms with van der Waals surface area (Å²) in [5.41, 5.74) is 0.329. The van der Waals surface area contributed by atoms with Crippen molar-refractivity contribution in [2.75, 3.05) is 59.2 Å². The number of hydroxylamine groups is 2. The highest BCUT2D eigenvalue weighted by Crippen LogP contribution is 2.22. The second-order valence-corrected chi connectivity index (χ2v) is 11.9. The maximum absolute atomic E-state index is 13.5. The van der Waals surface area contributed by atoms with Crippen LogP contribution in [0.5, 0.6) is 5.88 Å². The summed E-state index contributed by atoms with van der Waals surface area (Å²) in [6, 6.07) is 7.95. The average Bonchev–Trinajstić information content (AvgIpc) is 3.80. The third kappa shape index (κ3) is 11.1. The van der Waals surface area contributed by atoms with E-state index in [-0.39, 0.29) is 57.3 Å². The largest absolute Gasteiger partial charge is 0.527 e. The second-order valence-electron chi connectivity index (χ2n) is 11.9. The number of ether oxygens (including phenoxy) is 2. The molecule has 2 aliphatic rings. The fourth-order valence-corrected chi connectivity index (χ4v) is 5.59. The summed E-state index contributed by atoms with van der Waals surface area (Å²) in [7, 11) is 0. The number of likely N-dealkylation sites (tertiary alicyclic amines) is 1. The van der Waals surface area contributed by atoms with E-state index >= 15 is 0 Å². The molecule has 2 fully saturated rings. The number of para-hydroxylation sites is 1. The molecule has 3 heterocycles. The molecule has 2 aromatic rings. The number of nitrogens with zero attached hydrogens (tertiary/aromatic N) is 5. The van der Waals surface area contributed by atoms with Crippen molar-refractivity contribution in [2.45, 2.75) is 57.5 Å². The number of carboxylic acid groups (broad SMARTS) is 1. The summed E-state index contributed by atoms with van der Waals surface area (Å²) in [5, 5.41) is 20.1. The Bertz CT molecular complexity index is 1520. The van der Waals surface area contributed by atoms with Gasteiger partial charge in [-0.3, -0.25) is 24.0 Å². The standard InChI is InChI=1S/C33H44FN7O10/c1-2-3-20-49-33(48)51-39-18-16-38(17-19-39)32(47)24(11-12-29(43)44)36-30(45)25-21-28(41(37-25)23-8-5-4-6-9-23)50-22-27(42)40-15-7-10-26(40)31(46)35-14-13-34/h4-6,8-9,21,24,26H,2-3,7,10-20,22H2,1H3,(H,35,46)(H,36,45)(H,43,44)/t24-,26-/m0/s1. The molecule has 0 radical (unpaired) electrons. The Balaban J connectivity index is 1.43. The third-order valence-corrected chi connectivity index (χ3v) is 8.25. The number of aliphatic carboxylic acids is 1.